The summed E-state index contributed by atoms with van der Waals surface area (Å²) in [5.74, 6) is 0.202. The Balaban J connectivity index is 3.16. The van der Waals surface area contributed by atoms with Crippen molar-refractivity contribution in [2.45, 2.75) is 30.6 Å². The fraction of sp³-hybridized carbons (Fsp3) is 0.500. The Labute approximate surface area is 120 Å². The maximum absolute atomic E-state index is 12.4. The Morgan fingerprint density at radius 1 is 1.05 bits per heavy atom. The van der Waals surface area contributed by atoms with Crippen LogP contribution in [-0.2, 0) is 20.0 Å². The van der Waals surface area contributed by atoms with E-state index in [0.29, 0.717) is 13.1 Å². The summed E-state index contributed by atoms with van der Waals surface area (Å²) >= 11 is 0. The average Bonchev–Trinajstić information content (AvgIpc) is 2.34. The molecule has 0 aliphatic rings. The molecule has 1 rings (SSSR count). The van der Waals surface area contributed by atoms with Gasteiger partial charge in [-0.05, 0) is 30.2 Å². The van der Waals surface area contributed by atoms with E-state index in [1.807, 2.05) is 13.8 Å². The van der Waals surface area contributed by atoms with E-state index >= 15 is 0 Å². The number of hydrogen-bond donors (Lipinski definition) is 1. The second-order valence-corrected chi connectivity index (χ2v) is 8.37. The molecule has 1 aromatic carbocycles. The van der Waals surface area contributed by atoms with Crippen LogP contribution < -0.4 is 5.14 Å². The molecule has 0 saturated carbocycles. The second kappa shape index (κ2) is 6.21. The van der Waals surface area contributed by atoms with Crippen LogP contribution in [0.5, 0.6) is 0 Å². The molecule has 0 aromatic heterocycles. The Morgan fingerprint density at radius 3 is 1.85 bits per heavy atom. The zero-order valence-corrected chi connectivity index (χ0v) is 13.4. The summed E-state index contributed by atoms with van der Waals surface area (Å²) in [4.78, 5) is -0.0456. The fourth-order valence-electron chi connectivity index (χ4n) is 1.75. The number of nitrogens with two attached hydrogens (primary N) is 1. The van der Waals surface area contributed by atoms with E-state index in [1.54, 1.807) is 6.92 Å². The summed E-state index contributed by atoms with van der Waals surface area (Å²) in [6.45, 7) is 6.40. The van der Waals surface area contributed by atoms with Crippen molar-refractivity contribution in [2.24, 2.45) is 11.1 Å². The largest absolute Gasteiger partial charge is 0.243 e. The van der Waals surface area contributed by atoms with Gasteiger partial charge in [-0.25, -0.2) is 22.0 Å². The molecule has 0 radical (unpaired) electrons. The summed E-state index contributed by atoms with van der Waals surface area (Å²) in [6.07, 6.45) is 0. The molecule has 0 aliphatic heterocycles. The number of rotatable bonds is 6. The summed E-state index contributed by atoms with van der Waals surface area (Å²) in [5, 5.41) is 4.98. The first-order valence-electron chi connectivity index (χ1n) is 6.22. The Kier molecular flexibility index (Phi) is 5.31. The minimum absolute atomic E-state index is 0.0624. The van der Waals surface area contributed by atoms with Gasteiger partial charge in [-0.15, -0.1) is 0 Å². The number of primary sulfonamides is 1. The summed E-state index contributed by atoms with van der Waals surface area (Å²) in [5.41, 5.74) is 0. The molecule has 20 heavy (non-hydrogen) atoms. The van der Waals surface area contributed by atoms with E-state index < -0.39 is 20.0 Å². The lowest BCUT2D eigenvalue weighted by Crippen LogP contribution is -2.34. The van der Waals surface area contributed by atoms with Crippen molar-refractivity contribution in [1.29, 1.82) is 0 Å². The number of hydrogen-bond acceptors (Lipinski definition) is 4. The number of sulfonamides is 2. The van der Waals surface area contributed by atoms with Crippen molar-refractivity contribution < 1.29 is 16.8 Å². The Hall–Kier alpha value is -0.960. The normalized spacial score (nSPS) is 13.1. The van der Waals surface area contributed by atoms with Crippen LogP contribution >= 0.6 is 0 Å². The van der Waals surface area contributed by atoms with Gasteiger partial charge in [0.1, 0.15) is 0 Å². The lowest BCUT2D eigenvalue weighted by Gasteiger charge is -2.22. The average molecular weight is 320 g/mol. The molecule has 6 nitrogen and oxygen atoms in total. The maximum atomic E-state index is 12.4. The third-order valence-electron chi connectivity index (χ3n) is 2.71. The van der Waals surface area contributed by atoms with Crippen LogP contribution in [0.2, 0.25) is 0 Å². The van der Waals surface area contributed by atoms with Gasteiger partial charge in [0.25, 0.3) is 0 Å². The maximum Gasteiger partial charge on any atom is 0.243 e. The van der Waals surface area contributed by atoms with Gasteiger partial charge in [0, 0.05) is 13.1 Å². The van der Waals surface area contributed by atoms with Gasteiger partial charge in [-0.3, -0.25) is 0 Å². The van der Waals surface area contributed by atoms with E-state index in [0.717, 1.165) is 0 Å². The van der Waals surface area contributed by atoms with Crippen LogP contribution in [0.15, 0.2) is 34.1 Å². The topological polar surface area (TPSA) is 97.5 Å². The van der Waals surface area contributed by atoms with Crippen molar-refractivity contribution in [3.8, 4) is 0 Å². The third-order valence-corrected chi connectivity index (χ3v) is 5.60. The lowest BCUT2D eigenvalue weighted by atomic mass is 10.2. The molecule has 8 heteroatoms. The molecule has 114 valence electrons. The van der Waals surface area contributed by atoms with E-state index in [4.69, 9.17) is 5.14 Å². The lowest BCUT2D eigenvalue weighted by molar-refractivity contribution is 0.381. The molecule has 0 amide bonds. The van der Waals surface area contributed by atoms with Gasteiger partial charge in [0.15, 0.2) is 0 Å². The smallest absolute Gasteiger partial charge is 0.225 e. The number of benzene rings is 1. The second-order valence-electron chi connectivity index (χ2n) is 4.87. The minimum Gasteiger partial charge on any atom is -0.225 e. The van der Waals surface area contributed by atoms with Gasteiger partial charge in [0.05, 0.1) is 9.79 Å². The fourth-order valence-corrected chi connectivity index (χ4v) is 3.88. The van der Waals surface area contributed by atoms with Crippen molar-refractivity contribution in [1.82, 2.24) is 4.31 Å². The van der Waals surface area contributed by atoms with E-state index in [2.05, 4.69) is 0 Å². The first-order chi connectivity index (χ1) is 9.09. The highest BCUT2D eigenvalue weighted by molar-refractivity contribution is 7.89. The van der Waals surface area contributed by atoms with Crippen LogP contribution in [0.25, 0.3) is 0 Å². The van der Waals surface area contributed by atoms with Crippen molar-refractivity contribution in [3.63, 3.8) is 0 Å². The quantitative estimate of drug-likeness (QED) is 0.845. The molecular weight excluding hydrogens is 300 g/mol. The predicted octanol–water partition coefficient (Wildman–Crippen LogP) is 1.00. The van der Waals surface area contributed by atoms with E-state index in [-0.39, 0.29) is 15.7 Å². The summed E-state index contributed by atoms with van der Waals surface area (Å²) < 4.78 is 48.5. The molecule has 0 aliphatic carbocycles. The predicted molar refractivity (Wildman–Crippen MR) is 77.1 cm³/mol. The monoisotopic (exact) mass is 320 g/mol. The van der Waals surface area contributed by atoms with Crippen LogP contribution in [0.1, 0.15) is 20.8 Å². The van der Waals surface area contributed by atoms with Gasteiger partial charge < -0.3 is 0 Å². The van der Waals surface area contributed by atoms with E-state index in [1.165, 1.54) is 28.6 Å². The van der Waals surface area contributed by atoms with E-state index in [9.17, 15) is 16.8 Å². The van der Waals surface area contributed by atoms with Crippen LogP contribution in [0, 0.1) is 5.92 Å². The van der Waals surface area contributed by atoms with Gasteiger partial charge in [0.2, 0.25) is 20.0 Å². The van der Waals surface area contributed by atoms with Crippen LogP contribution in [0.3, 0.4) is 0 Å². The highest BCUT2D eigenvalue weighted by Gasteiger charge is 2.24. The van der Waals surface area contributed by atoms with Gasteiger partial charge in [-0.1, -0.05) is 20.8 Å². The van der Waals surface area contributed by atoms with Crippen molar-refractivity contribution >= 4 is 20.0 Å². The number of nitrogens with zero attached hydrogens (tertiary/aromatic N) is 1. The molecular formula is C12H20N2O4S2. The molecule has 0 spiro atoms. The zero-order chi connectivity index (χ0) is 15.6. The van der Waals surface area contributed by atoms with Crippen molar-refractivity contribution in [2.75, 3.05) is 13.1 Å². The molecule has 1 aromatic rings. The summed E-state index contributed by atoms with van der Waals surface area (Å²) in [7, 11) is -7.43. The molecule has 0 heterocycles. The summed E-state index contributed by atoms with van der Waals surface area (Å²) in [6, 6.07) is 4.92. The first-order valence-corrected chi connectivity index (χ1v) is 9.20. The zero-order valence-electron chi connectivity index (χ0n) is 11.8. The van der Waals surface area contributed by atoms with Gasteiger partial charge >= 0.3 is 0 Å². The Bertz CT molecular complexity index is 649. The molecule has 2 N–H and O–H groups in total. The van der Waals surface area contributed by atoms with Crippen molar-refractivity contribution in [3.05, 3.63) is 24.3 Å². The Morgan fingerprint density at radius 2 is 1.50 bits per heavy atom. The van der Waals surface area contributed by atoms with Crippen LogP contribution in [0.4, 0.5) is 0 Å². The molecule has 0 saturated heterocycles. The first kappa shape index (κ1) is 17.1. The molecule has 0 bridgehead atoms. The highest BCUT2D eigenvalue weighted by Crippen LogP contribution is 2.18. The standard InChI is InChI=1S/C12H20N2O4S2/c1-4-14(9-10(2)3)20(17,18)12-7-5-11(6-8-12)19(13,15)16/h5-8,10H,4,9H2,1-3H3,(H2,13,15,16). The third kappa shape index (κ3) is 4.02. The highest BCUT2D eigenvalue weighted by atomic mass is 32.2. The molecule has 0 unspecified atom stereocenters. The van der Waals surface area contributed by atoms with Crippen LogP contribution in [-0.4, -0.2) is 34.2 Å². The minimum atomic E-state index is -3.82. The van der Waals surface area contributed by atoms with Gasteiger partial charge in [-0.2, -0.15) is 4.31 Å². The molecule has 0 atom stereocenters. The SMILES string of the molecule is CCN(CC(C)C)S(=O)(=O)c1ccc(S(N)(=O)=O)cc1. The molecule has 0 fully saturated rings.